The van der Waals surface area contributed by atoms with E-state index in [1.807, 2.05) is 39.0 Å². The number of hydrogen-bond donors (Lipinski definition) is 1. The first kappa shape index (κ1) is 16.7. The molecule has 122 valence electrons. The molecule has 1 N–H and O–H groups in total. The molecule has 0 aromatic carbocycles. The first-order valence-corrected chi connectivity index (χ1v) is 8.00. The lowest BCUT2D eigenvalue weighted by Crippen LogP contribution is -2.49. The van der Waals surface area contributed by atoms with E-state index < -0.39 is 5.60 Å². The summed E-state index contributed by atoms with van der Waals surface area (Å²) in [4.78, 5) is 18.4. The van der Waals surface area contributed by atoms with Gasteiger partial charge in [-0.1, -0.05) is 6.07 Å². The fourth-order valence-corrected chi connectivity index (χ4v) is 2.68. The lowest BCUT2D eigenvalue weighted by atomic mass is 10.0. The van der Waals surface area contributed by atoms with Crippen molar-refractivity contribution in [3.05, 3.63) is 30.1 Å². The third-order valence-corrected chi connectivity index (χ3v) is 3.69. The molecule has 5 heteroatoms. The molecule has 0 bridgehead atoms. The molecule has 0 spiro atoms. The first-order chi connectivity index (χ1) is 10.3. The summed E-state index contributed by atoms with van der Waals surface area (Å²) >= 11 is 0. The van der Waals surface area contributed by atoms with Gasteiger partial charge in [-0.05, 0) is 52.7 Å². The molecule has 1 aliphatic heterocycles. The molecule has 22 heavy (non-hydrogen) atoms. The summed E-state index contributed by atoms with van der Waals surface area (Å²) in [6.07, 6.45) is 3.65. The summed E-state index contributed by atoms with van der Waals surface area (Å²) in [6.45, 7) is 9.25. The van der Waals surface area contributed by atoms with E-state index in [1.165, 1.54) is 0 Å². The first-order valence-electron chi connectivity index (χ1n) is 8.00. The number of rotatable bonds is 3. The molecular weight excluding hydrogens is 278 g/mol. The molecule has 2 rings (SSSR count). The highest BCUT2D eigenvalue weighted by Crippen LogP contribution is 2.18. The lowest BCUT2D eigenvalue weighted by molar-refractivity contribution is 0.0183. The van der Waals surface area contributed by atoms with Crippen LogP contribution >= 0.6 is 0 Å². The summed E-state index contributed by atoms with van der Waals surface area (Å²) in [5.41, 5.74) is 0.579. The van der Waals surface area contributed by atoms with E-state index in [1.54, 1.807) is 11.1 Å². The van der Waals surface area contributed by atoms with Crippen LogP contribution in [0, 0.1) is 0 Å². The number of pyridine rings is 1. The van der Waals surface area contributed by atoms with E-state index in [-0.39, 0.29) is 18.2 Å². The molecular formula is C17H27N3O2. The molecule has 0 aliphatic carbocycles. The Kier molecular flexibility index (Phi) is 5.40. The summed E-state index contributed by atoms with van der Waals surface area (Å²) in [7, 11) is 0. The Bertz CT molecular complexity index is 484. The third kappa shape index (κ3) is 4.98. The van der Waals surface area contributed by atoms with Crippen LogP contribution in [0.4, 0.5) is 4.79 Å². The van der Waals surface area contributed by atoms with Gasteiger partial charge in [0.05, 0.1) is 5.69 Å². The Balaban J connectivity index is 1.89. The van der Waals surface area contributed by atoms with Gasteiger partial charge in [-0.25, -0.2) is 4.79 Å². The van der Waals surface area contributed by atoms with Crippen LogP contribution in [-0.4, -0.2) is 40.7 Å². The zero-order valence-electron chi connectivity index (χ0n) is 14.0. The molecule has 1 fully saturated rings. The molecule has 0 unspecified atom stereocenters. The van der Waals surface area contributed by atoms with Gasteiger partial charge in [0.1, 0.15) is 5.60 Å². The second-order valence-electron chi connectivity index (χ2n) is 6.91. The van der Waals surface area contributed by atoms with Crippen molar-refractivity contribution < 1.29 is 9.53 Å². The predicted octanol–water partition coefficient (Wildman–Crippen LogP) is 3.13. The molecule has 1 aromatic heterocycles. The summed E-state index contributed by atoms with van der Waals surface area (Å²) in [6, 6.07) is 6.38. The summed E-state index contributed by atoms with van der Waals surface area (Å²) in [5.74, 6) is 0. The van der Waals surface area contributed by atoms with Gasteiger partial charge in [-0.2, -0.15) is 0 Å². The number of hydrogen-bond acceptors (Lipinski definition) is 4. The van der Waals surface area contributed by atoms with Crippen molar-refractivity contribution in [3.8, 4) is 0 Å². The summed E-state index contributed by atoms with van der Waals surface area (Å²) in [5, 5.41) is 3.57. The Morgan fingerprint density at radius 3 is 2.86 bits per heavy atom. The lowest BCUT2D eigenvalue weighted by Gasteiger charge is -2.35. The monoisotopic (exact) mass is 305 g/mol. The minimum atomic E-state index is -0.446. The van der Waals surface area contributed by atoms with Crippen molar-refractivity contribution in [2.24, 2.45) is 0 Å². The number of aromatic nitrogens is 1. The largest absolute Gasteiger partial charge is 0.444 e. The molecule has 2 atom stereocenters. The van der Waals surface area contributed by atoms with E-state index in [0.29, 0.717) is 6.54 Å². The maximum Gasteiger partial charge on any atom is 0.410 e. The maximum absolute atomic E-state index is 12.2. The highest BCUT2D eigenvalue weighted by atomic mass is 16.6. The number of amides is 1. The van der Waals surface area contributed by atoms with Crippen molar-refractivity contribution in [2.75, 3.05) is 13.1 Å². The van der Waals surface area contributed by atoms with Gasteiger partial charge in [-0.15, -0.1) is 0 Å². The minimum Gasteiger partial charge on any atom is -0.444 e. The number of carbonyl (C=O) groups excluding carboxylic acids is 1. The van der Waals surface area contributed by atoms with Crippen molar-refractivity contribution in [3.63, 3.8) is 0 Å². The highest BCUT2D eigenvalue weighted by molar-refractivity contribution is 5.68. The van der Waals surface area contributed by atoms with Gasteiger partial charge in [0, 0.05) is 31.4 Å². The number of carbonyl (C=O) groups is 1. The van der Waals surface area contributed by atoms with Crippen molar-refractivity contribution in [1.29, 1.82) is 0 Å². The van der Waals surface area contributed by atoms with E-state index in [2.05, 4.69) is 17.2 Å². The van der Waals surface area contributed by atoms with Crippen LogP contribution in [0.5, 0.6) is 0 Å². The zero-order chi connectivity index (χ0) is 16.2. The van der Waals surface area contributed by atoms with Crippen molar-refractivity contribution >= 4 is 6.09 Å². The number of nitrogens with one attached hydrogen (secondary N) is 1. The highest BCUT2D eigenvalue weighted by Gasteiger charge is 2.28. The SMILES string of the molecule is C[C@@H](N[C@H]1CCCN(C(=O)OC(C)(C)C)C1)c1ccccn1. The molecule has 1 saturated heterocycles. The number of ether oxygens (including phenoxy) is 1. The van der Waals surface area contributed by atoms with Crippen molar-refractivity contribution in [2.45, 2.75) is 58.2 Å². The quantitative estimate of drug-likeness (QED) is 0.932. The zero-order valence-corrected chi connectivity index (χ0v) is 14.0. The van der Waals surface area contributed by atoms with Crippen molar-refractivity contribution in [1.82, 2.24) is 15.2 Å². The molecule has 2 heterocycles. The number of likely N-dealkylation sites (tertiary alicyclic amines) is 1. The van der Waals surface area contributed by atoms with Gasteiger partial charge in [-0.3, -0.25) is 4.98 Å². The third-order valence-electron chi connectivity index (χ3n) is 3.69. The Labute approximate surface area is 133 Å². The Morgan fingerprint density at radius 2 is 2.23 bits per heavy atom. The van der Waals surface area contributed by atoms with Gasteiger partial charge in [0.25, 0.3) is 0 Å². The predicted molar refractivity (Wildman–Crippen MR) is 86.6 cm³/mol. The normalized spacial score (nSPS) is 20.5. The van der Waals surface area contributed by atoms with Crippen LogP contribution in [-0.2, 0) is 4.74 Å². The Morgan fingerprint density at radius 1 is 1.45 bits per heavy atom. The van der Waals surface area contributed by atoms with Crippen LogP contribution in [0.1, 0.15) is 52.3 Å². The van der Waals surface area contributed by atoms with Gasteiger partial charge < -0.3 is 15.0 Å². The van der Waals surface area contributed by atoms with Crippen LogP contribution in [0.15, 0.2) is 24.4 Å². The molecule has 1 aromatic rings. The van der Waals surface area contributed by atoms with E-state index in [0.717, 1.165) is 25.1 Å². The molecule has 1 aliphatic rings. The van der Waals surface area contributed by atoms with Crippen LogP contribution in [0.25, 0.3) is 0 Å². The van der Waals surface area contributed by atoms with Crippen LogP contribution < -0.4 is 5.32 Å². The fraction of sp³-hybridized carbons (Fsp3) is 0.647. The average molecular weight is 305 g/mol. The van der Waals surface area contributed by atoms with Gasteiger partial charge in [0.2, 0.25) is 0 Å². The van der Waals surface area contributed by atoms with Crippen LogP contribution in [0.3, 0.4) is 0 Å². The van der Waals surface area contributed by atoms with Gasteiger partial charge in [0.15, 0.2) is 0 Å². The number of piperidine rings is 1. The molecule has 5 nitrogen and oxygen atoms in total. The van der Waals surface area contributed by atoms with Crippen LogP contribution in [0.2, 0.25) is 0 Å². The van der Waals surface area contributed by atoms with E-state index >= 15 is 0 Å². The number of nitrogens with zero attached hydrogens (tertiary/aromatic N) is 2. The molecule has 1 amide bonds. The average Bonchev–Trinajstić information content (AvgIpc) is 2.46. The topological polar surface area (TPSA) is 54.5 Å². The second-order valence-corrected chi connectivity index (χ2v) is 6.91. The fourth-order valence-electron chi connectivity index (χ4n) is 2.68. The smallest absolute Gasteiger partial charge is 0.410 e. The van der Waals surface area contributed by atoms with Gasteiger partial charge >= 0.3 is 6.09 Å². The maximum atomic E-state index is 12.2. The second kappa shape index (κ2) is 7.09. The molecule has 0 radical (unpaired) electrons. The molecule has 0 saturated carbocycles. The standard InChI is InChI=1S/C17H27N3O2/c1-13(15-9-5-6-10-18-15)19-14-8-7-11-20(12-14)16(21)22-17(2,3)4/h5-6,9-10,13-14,19H,7-8,11-12H2,1-4H3/t13-,14+/m1/s1. The Hall–Kier alpha value is -1.62. The van der Waals surface area contributed by atoms with E-state index in [9.17, 15) is 4.79 Å². The minimum absolute atomic E-state index is 0.171. The van der Waals surface area contributed by atoms with E-state index in [4.69, 9.17) is 4.74 Å². The summed E-state index contributed by atoms with van der Waals surface area (Å²) < 4.78 is 5.46.